The van der Waals surface area contributed by atoms with Crippen molar-refractivity contribution in [3.63, 3.8) is 0 Å². The van der Waals surface area contributed by atoms with Gasteiger partial charge in [0.25, 0.3) is 0 Å². The molecule has 0 aromatic carbocycles. The molecule has 1 aliphatic rings. The summed E-state index contributed by atoms with van der Waals surface area (Å²) in [5.74, 6) is 2.13. The Hall–Kier alpha value is 0. The average Bonchev–Trinajstić information content (AvgIpc) is 2.91. The SMILES string of the molecule is CC.CCC.CCC(C)C1CC1. The molecular formula is C12H28. The Morgan fingerprint density at radius 2 is 1.42 bits per heavy atom. The molecule has 1 atom stereocenters. The first kappa shape index (κ1) is 14.5. The summed E-state index contributed by atoms with van der Waals surface area (Å²) in [6.45, 7) is 12.9. The minimum absolute atomic E-state index is 1.01. The minimum Gasteiger partial charge on any atom is -0.0683 e. The highest BCUT2D eigenvalue weighted by Crippen LogP contribution is 2.37. The molecule has 0 aromatic heterocycles. The average molecular weight is 172 g/mol. The Kier molecular flexibility index (Phi) is 13.3. The summed E-state index contributed by atoms with van der Waals surface area (Å²) in [6, 6.07) is 0. The van der Waals surface area contributed by atoms with Gasteiger partial charge in [0.15, 0.2) is 0 Å². The number of hydrogen-bond donors (Lipinski definition) is 0. The second kappa shape index (κ2) is 11.0. The smallest absolute Gasteiger partial charge is 0.0388 e. The van der Waals surface area contributed by atoms with Crippen molar-refractivity contribution in [3.8, 4) is 0 Å². The third-order valence-corrected chi connectivity index (χ3v) is 2.07. The van der Waals surface area contributed by atoms with Crippen LogP contribution in [-0.2, 0) is 0 Å². The van der Waals surface area contributed by atoms with E-state index in [1.165, 1.54) is 25.7 Å². The van der Waals surface area contributed by atoms with Gasteiger partial charge in [-0.1, -0.05) is 54.4 Å². The highest BCUT2D eigenvalue weighted by atomic mass is 14.3. The summed E-state index contributed by atoms with van der Waals surface area (Å²) in [5.41, 5.74) is 0. The Morgan fingerprint density at radius 3 is 1.50 bits per heavy atom. The summed E-state index contributed by atoms with van der Waals surface area (Å²) >= 11 is 0. The summed E-state index contributed by atoms with van der Waals surface area (Å²) in [6.07, 6.45) is 5.65. The first-order valence-electron chi connectivity index (χ1n) is 5.76. The Morgan fingerprint density at radius 1 is 1.08 bits per heavy atom. The van der Waals surface area contributed by atoms with Crippen molar-refractivity contribution in [1.29, 1.82) is 0 Å². The molecule has 1 saturated carbocycles. The van der Waals surface area contributed by atoms with E-state index in [0.717, 1.165) is 11.8 Å². The zero-order chi connectivity index (χ0) is 9.98. The van der Waals surface area contributed by atoms with E-state index >= 15 is 0 Å². The van der Waals surface area contributed by atoms with Crippen LogP contribution in [0.3, 0.4) is 0 Å². The molecule has 0 heteroatoms. The zero-order valence-corrected chi connectivity index (χ0v) is 9.98. The lowest BCUT2D eigenvalue weighted by atomic mass is 10.0. The van der Waals surface area contributed by atoms with Gasteiger partial charge in [-0.05, 0) is 24.7 Å². The molecule has 0 spiro atoms. The van der Waals surface area contributed by atoms with E-state index in [4.69, 9.17) is 0 Å². The molecule has 0 N–H and O–H groups in total. The van der Waals surface area contributed by atoms with Gasteiger partial charge in [-0.15, -0.1) is 0 Å². The highest BCUT2D eigenvalue weighted by molar-refractivity contribution is 4.77. The van der Waals surface area contributed by atoms with Crippen LogP contribution in [0, 0.1) is 11.8 Å². The standard InChI is InChI=1S/C7H14.C3H8.C2H6/c1-3-6(2)7-4-5-7;1-3-2;1-2/h6-7H,3-5H2,1-2H3;3H2,1-2H3;1-2H3. The van der Waals surface area contributed by atoms with Gasteiger partial charge < -0.3 is 0 Å². The molecule has 0 nitrogen and oxygen atoms in total. The molecule has 0 aromatic rings. The van der Waals surface area contributed by atoms with E-state index in [1.807, 2.05) is 13.8 Å². The van der Waals surface area contributed by atoms with Crippen molar-refractivity contribution in [2.75, 3.05) is 0 Å². The van der Waals surface area contributed by atoms with Gasteiger partial charge in [-0.3, -0.25) is 0 Å². The Bertz CT molecular complexity index is 62.4. The van der Waals surface area contributed by atoms with Crippen LogP contribution in [-0.4, -0.2) is 0 Å². The normalized spacial score (nSPS) is 16.5. The Labute approximate surface area is 79.8 Å². The van der Waals surface area contributed by atoms with Crippen molar-refractivity contribution in [2.45, 2.75) is 67.2 Å². The van der Waals surface area contributed by atoms with Crippen LogP contribution in [0.1, 0.15) is 67.2 Å². The first-order valence-corrected chi connectivity index (χ1v) is 5.76. The van der Waals surface area contributed by atoms with Crippen LogP contribution in [0.15, 0.2) is 0 Å². The van der Waals surface area contributed by atoms with Gasteiger partial charge in [0.2, 0.25) is 0 Å². The lowest BCUT2D eigenvalue weighted by Gasteiger charge is -2.01. The summed E-state index contributed by atoms with van der Waals surface area (Å²) in [4.78, 5) is 0. The van der Waals surface area contributed by atoms with E-state index < -0.39 is 0 Å². The largest absolute Gasteiger partial charge is 0.0683 e. The van der Waals surface area contributed by atoms with E-state index in [1.54, 1.807) is 0 Å². The third kappa shape index (κ3) is 10.0. The highest BCUT2D eigenvalue weighted by Gasteiger charge is 2.25. The molecule has 0 amide bonds. The summed E-state index contributed by atoms with van der Waals surface area (Å²) < 4.78 is 0. The van der Waals surface area contributed by atoms with Crippen molar-refractivity contribution in [3.05, 3.63) is 0 Å². The van der Waals surface area contributed by atoms with E-state index in [-0.39, 0.29) is 0 Å². The van der Waals surface area contributed by atoms with Crippen LogP contribution in [0.5, 0.6) is 0 Å². The van der Waals surface area contributed by atoms with Crippen molar-refractivity contribution < 1.29 is 0 Å². The van der Waals surface area contributed by atoms with E-state index in [2.05, 4.69) is 27.7 Å². The second-order valence-electron chi connectivity index (χ2n) is 3.43. The van der Waals surface area contributed by atoms with Crippen molar-refractivity contribution in [2.24, 2.45) is 11.8 Å². The van der Waals surface area contributed by atoms with E-state index in [0.29, 0.717) is 0 Å². The quantitative estimate of drug-likeness (QED) is 0.556. The monoisotopic (exact) mass is 172 g/mol. The van der Waals surface area contributed by atoms with Crippen LogP contribution in [0.25, 0.3) is 0 Å². The predicted octanol–water partition coefficient (Wildman–Crippen LogP) is 4.89. The van der Waals surface area contributed by atoms with Gasteiger partial charge in [-0.25, -0.2) is 0 Å². The molecule has 0 radical (unpaired) electrons. The molecule has 76 valence electrons. The lowest BCUT2D eigenvalue weighted by molar-refractivity contribution is 0.493. The molecule has 0 heterocycles. The van der Waals surface area contributed by atoms with E-state index in [9.17, 15) is 0 Å². The maximum Gasteiger partial charge on any atom is -0.0388 e. The zero-order valence-electron chi connectivity index (χ0n) is 9.98. The van der Waals surface area contributed by atoms with Gasteiger partial charge in [0.05, 0.1) is 0 Å². The van der Waals surface area contributed by atoms with Crippen LogP contribution < -0.4 is 0 Å². The fraction of sp³-hybridized carbons (Fsp3) is 1.00. The molecular weight excluding hydrogens is 144 g/mol. The van der Waals surface area contributed by atoms with Gasteiger partial charge >= 0.3 is 0 Å². The molecule has 1 fully saturated rings. The predicted molar refractivity (Wildman–Crippen MR) is 59.5 cm³/mol. The van der Waals surface area contributed by atoms with Crippen LogP contribution in [0.4, 0.5) is 0 Å². The summed E-state index contributed by atoms with van der Waals surface area (Å²) in [7, 11) is 0. The topological polar surface area (TPSA) is 0 Å². The van der Waals surface area contributed by atoms with Gasteiger partial charge in [0.1, 0.15) is 0 Å². The van der Waals surface area contributed by atoms with Gasteiger partial charge in [-0.2, -0.15) is 0 Å². The third-order valence-electron chi connectivity index (χ3n) is 2.07. The molecule has 0 saturated heterocycles. The maximum atomic E-state index is 2.36. The second-order valence-corrected chi connectivity index (χ2v) is 3.43. The number of rotatable bonds is 2. The Balaban J connectivity index is 0. The van der Waals surface area contributed by atoms with Crippen LogP contribution >= 0.6 is 0 Å². The minimum atomic E-state index is 1.01. The number of hydrogen-bond acceptors (Lipinski definition) is 0. The fourth-order valence-corrected chi connectivity index (χ4v) is 0.999. The molecule has 0 aliphatic heterocycles. The van der Waals surface area contributed by atoms with Crippen LogP contribution in [0.2, 0.25) is 0 Å². The van der Waals surface area contributed by atoms with Crippen molar-refractivity contribution >= 4 is 0 Å². The molecule has 12 heavy (non-hydrogen) atoms. The molecule has 1 aliphatic carbocycles. The first-order chi connectivity index (χ1) is 5.76. The molecule has 1 unspecified atom stereocenters. The van der Waals surface area contributed by atoms with Gasteiger partial charge in [0, 0.05) is 0 Å². The molecule has 1 rings (SSSR count). The lowest BCUT2D eigenvalue weighted by Crippen LogP contribution is -1.91. The van der Waals surface area contributed by atoms with Crippen molar-refractivity contribution in [1.82, 2.24) is 0 Å². The summed E-state index contributed by atoms with van der Waals surface area (Å²) in [5, 5.41) is 0. The maximum absolute atomic E-state index is 2.36. The molecule has 0 bridgehead atoms. The fourth-order valence-electron chi connectivity index (χ4n) is 0.999.